The molecule has 0 saturated carbocycles. The lowest BCUT2D eigenvalue weighted by molar-refractivity contribution is 0.290. The van der Waals surface area contributed by atoms with Crippen molar-refractivity contribution in [1.82, 2.24) is 4.90 Å². The molecule has 31 heavy (non-hydrogen) atoms. The van der Waals surface area contributed by atoms with E-state index in [4.69, 9.17) is 4.74 Å². The topological polar surface area (TPSA) is 32.5 Å². The van der Waals surface area contributed by atoms with Crippen molar-refractivity contribution in [2.75, 3.05) is 32.8 Å². The van der Waals surface area contributed by atoms with Gasteiger partial charge in [0.15, 0.2) is 0 Å². The van der Waals surface area contributed by atoms with Gasteiger partial charge in [-0.05, 0) is 64.9 Å². The van der Waals surface area contributed by atoms with E-state index in [1.54, 1.807) is 0 Å². The molecule has 0 unspecified atom stereocenters. The molecule has 0 aliphatic carbocycles. The molecule has 4 heteroatoms. The van der Waals surface area contributed by atoms with Crippen molar-refractivity contribution in [2.24, 2.45) is 0 Å². The third-order valence-corrected chi connectivity index (χ3v) is 6.03. The standard InChI is InChI=1S/C27H28BrNO2/c28-24-12-8-22(9-13-24)27(26(7-4-19-30)21-5-2-1-3-6-21)23-10-14-25(15-11-23)31-20-18-29-16-17-29/h1-3,5-6,8-15,30H,4,7,16-20H2. The Bertz CT molecular complexity index is 994. The molecule has 3 aromatic carbocycles. The van der Waals surface area contributed by atoms with Gasteiger partial charge in [-0.2, -0.15) is 0 Å². The van der Waals surface area contributed by atoms with Crippen molar-refractivity contribution < 1.29 is 9.84 Å². The molecule has 160 valence electrons. The molecule has 3 nitrogen and oxygen atoms in total. The fraction of sp³-hybridized carbons (Fsp3) is 0.259. The molecule has 1 saturated heterocycles. The Morgan fingerprint density at radius 1 is 0.839 bits per heavy atom. The molecule has 1 N–H and O–H groups in total. The molecule has 1 aliphatic heterocycles. The van der Waals surface area contributed by atoms with Gasteiger partial charge >= 0.3 is 0 Å². The Morgan fingerprint density at radius 2 is 1.48 bits per heavy atom. The van der Waals surface area contributed by atoms with Crippen molar-refractivity contribution in [1.29, 1.82) is 0 Å². The lowest BCUT2D eigenvalue weighted by atomic mass is 9.87. The van der Waals surface area contributed by atoms with E-state index in [0.29, 0.717) is 0 Å². The molecule has 1 heterocycles. The summed E-state index contributed by atoms with van der Waals surface area (Å²) in [4.78, 5) is 2.36. The molecule has 0 aromatic heterocycles. The Balaban J connectivity index is 1.72. The molecule has 0 spiro atoms. The van der Waals surface area contributed by atoms with Crippen LogP contribution in [0.25, 0.3) is 11.1 Å². The zero-order valence-electron chi connectivity index (χ0n) is 17.6. The summed E-state index contributed by atoms with van der Waals surface area (Å²) in [5, 5.41) is 9.53. The highest BCUT2D eigenvalue weighted by atomic mass is 79.9. The van der Waals surface area contributed by atoms with Gasteiger partial charge in [0.1, 0.15) is 12.4 Å². The van der Waals surface area contributed by atoms with Gasteiger partial charge < -0.3 is 9.84 Å². The summed E-state index contributed by atoms with van der Waals surface area (Å²) in [6.45, 7) is 4.28. The summed E-state index contributed by atoms with van der Waals surface area (Å²) >= 11 is 3.55. The number of hydrogen-bond donors (Lipinski definition) is 1. The van der Waals surface area contributed by atoms with Crippen LogP contribution in [0.2, 0.25) is 0 Å². The molecule has 0 amide bonds. The first-order valence-electron chi connectivity index (χ1n) is 10.9. The average molecular weight is 478 g/mol. The van der Waals surface area contributed by atoms with E-state index in [2.05, 4.69) is 93.6 Å². The Morgan fingerprint density at radius 3 is 2.10 bits per heavy atom. The number of nitrogens with zero attached hydrogens (tertiary/aromatic N) is 1. The van der Waals surface area contributed by atoms with Gasteiger partial charge in [-0.3, -0.25) is 4.90 Å². The van der Waals surface area contributed by atoms with Crippen LogP contribution in [0, 0.1) is 0 Å². The predicted octanol–water partition coefficient (Wildman–Crippen LogP) is 5.88. The third kappa shape index (κ3) is 6.07. The number of allylic oxidation sites excluding steroid dienone is 1. The van der Waals surface area contributed by atoms with Gasteiger partial charge in [-0.1, -0.05) is 70.5 Å². The number of rotatable bonds is 10. The first kappa shape index (κ1) is 21.8. The fourth-order valence-corrected chi connectivity index (χ4v) is 4.01. The minimum Gasteiger partial charge on any atom is -0.492 e. The molecule has 1 aliphatic rings. The van der Waals surface area contributed by atoms with Crippen LogP contribution >= 0.6 is 15.9 Å². The van der Waals surface area contributed by atoms with E-state index in [1.807, 2.05) is 6.07 Å². The van der Waals surface area contributed by atoms with Gasteiger partial charge in [0.25, 0.3) is 0 Å². The monoisotopic (exact) mass is 477 g/mol. The minimum atomic E-state index is 0.174. The summed E-state index contributed by atoms with van der Waals surface area (Å²) in [5.41, 5.74) is 5.94. The second-order valence-corrected chi connectivity index (χ2v) is 8.68. The van der Waals surface area contributed by atoms with Crippen LogP contribution in [0.3, 0.4) is 0 Å². The molecule has 0 atom stereocenters. The van der Waals surface area contributed by atoms with Gasteiger partial charge in [0.2, 0.25) is 0 Å². The zero-order valence-corrected chi connectivity index (χ0v) is 19.2. The zero-order chi connectivity index (χ0) is 21.5. The van der Waals surface area contributed by atoms with Crippen molar-refractivity contribution in [3.05, 3.63) is 100 Å². The van der Waals surface area contributed by atoms with Crippen LogP contribution in [0.15, 0.2) is 83.3 Å². The summed E-state index contributed by atoms with van der Waals surface area (Å²) in [6.07, 6.45) is 1.53. The first-order valence-corrected chi connectivity index (χ1v) is 11.6. The molecule has 4 rings (SSSR count). The number of aliphatic hydroxyl groups is 1. The SMILES string of the molecule is OCCCC(=C(c1ccc(Br)cc1)c1ccc(OCCN2CC2)cc1)c1ccccc1. The van der Waals surface area contributed by atoms with Crippen molar-refractivity contribution in [2.45, 2.75) is 12.8 Å². The summed E-state index contributed by atoms with van der Waals surface area (Å²) in [6, 6.07) is 27.3. The second kappa shape index (κ2) is 10.8. The molecular formula is C27H28BrNO2. The second-order valence-electron chi connectivity index (χ2n) is 7.77. The average Bonchev–Trinajstić information content (AvgIpc) is 3.63. The maximum atomic E-state index is 9.53. The van der Waals surface area contributed by atoms with Gasteiger partial charge in [0, 0.05) is 30.7 Å². The Kier molecular flexibility index (Phi) is 7.57. The highest BCUT2D eigenvalue weighted by Gasteiger charge is 2.17. The smallest absolute Gasteiger partial charge is 0.119 e. The van der Waals surface area contributed by atoms with E-state index in [0.717, 1.165) is 47.3 Å². The lowest BCUT2D eigenvalue weighted by Gasteiger charge is -2.18. The van der Waals surface area contributed by atoms with Gasteiger partial charge in [-0.15, -0.1) is 0 Å². The van der Waals surface area contributed by atoms with E-state index in [1.165, 1.54) is 29.8 Å². The number of aliphatic hydroxyl groups excluding tert-OH is 1. The molecule has 0 bridgehead atoms. The quantitative estimate of drug-likeness (QED) is 0.292. The van der Waals surface area contributed by atoms with Crippen molar-refractivity contribution in [3.63, 3.8) is 0 Å². The maximum absolute atomic E-state index is 9.53. The third-order valence-electron chi connectivity index (χ3n) is 5.50. The molecule has 0 radical (unpaired) electrons. The predicted molar refractivity (Wildman–Crippen MR) is 131 cm³/mol. The highest BCUT2D eigenvalue weighted by molar-refractivity contribution is 9.10. The summed E-state index contributed by atoms with van der Waals surface area (Å²) < 4.78 is 6.98. The van der Waals surface area contributed by atoms with E-state index < -0.39 is 0 Å². The van der Waals surface area contributed by atoms with Crippen LogP contribution in [-0.2, 0) is 0 Å². The lowest BCUT2D eigenvalue weighted by Crippen LogP contribution is -2.10. The number of halogens is 1. The number of ether oxygens (including phenoxy) is 1. The normalized spacial score (nSPS) is 14.3. The Hall–Kier alpha value is -2.40. The summed E-state index contributed by atoms with van der Waals surface area (Å²) in [7, 11) is 0. The highest BCUT2D eigenvalue weighted by Crippen LogP contribution is 2.36. The largest absolute Gasteiger partial charge is 0.492 e. The van der Waals surface area contributed by atoms with Crippen LogP contribution in [0.1, 0.15) is 29.5 Å². The van der Waals surface area contributed by atoms with Gasteiger partial charge in [-0.25, -0.2) is 0 Å². The molecular weight excluding hydrogens is 450 g/mol. The fourth-order valence-electron chi connectivity index (χ4n) is 3.75. The van der Waals surface area contributed by atoms with E-state index in [9.17, 15) is 5.11 Å². The van der Waals surface area contributed by atoms with Crippen LogP contribution < -0.4 is 4.74 Å². The van der Waals surface area contributed by atoms with Crippen LogP contribution in [-0.4, -0.2) is 42.9 Å². The Labute approximate surface area is 193 Å². The van der Waals surface area contributed by atoms with Gasteiger partial charge in [0.05, 0.1) is 0 Å². The van der Waals surface area contributed by atoms with E-state index in [-0.39, 0.29) is 6.61 Å². The molecule has 3 aromatic rings. The first-order chi connectivity index (χ1) is 15.2. The molecule has 1 fully saturated rings. The minimum absolute atomic E-state index is 0.174. The van der Waals surface area contributed by atoms with Crippen molar-refractivity contribution >= 4 is 27.1 Å². The maximum Gasteiger partial charge on any atom is 0.119 e. The van der Waals surface area contributed by atoms with Crippen molar-refractivity contribution in [3.8, 4) is 5.75 Å². The van der Waals surface area contributed by atoms with Crippen LogP contribution in [0.4, 0.5) is 0 Å². The summed E-state index contributed by atoms with van der Waals surface area (Å²) in [5.74, 6) is 0.900. The number of benzene rings is 3. The van der Waals surface area contributed by atoms with E-state index >= 15 is 0 Å². The van der Waals surface area contributed by atoms with Crippen LogP contribution in [0.5, 0.6) is 5.75 Å². The number of hydrogen-bond acceptors (Lipinski definition) is 3.